The minimum Gasteiger partial charge on any atom is -0.491 e. The number of nitrogens with one attached hydrogen (secondary N) is 5. The molecule has 0 radical (unpaired) electrons. The van der Waals surface area contributed by atoms with Gasteiger partial charge < -0.3 is 58.9 Å². The zero-order chi connectivity index (χ0) is 60.2. The Morgan fingerprint density at radius 1 is 0.609 bits per heavy atom. The lowest BCUT2D eigenvalue weighted by Gasteiger charge is -2.34. The van der Waals surface area contributed by atoms with E-state index >= 15 is 0 Å². The van der Waals surface area contributed by atoms with Crippen LogP contribution in [0.1, 0.15) is 119 Å². The summed E-state index contributed by atoms with van der Waals surface area (Å²) in [6.45, 7) is 7.32. The van der Waals surface area contributed by atoms with Gasteiger partial charge >= 0.3 is 6.09 Å². The van der Waals surface area contributed by atoms with Gasteiger partial charge in [-0.15, -0.1) is 24.8 Å². The maximum Gasteiger partial charge on any atom is 0.431 e. The molecule has 28 heteroatoms. The number of carbonyl (C=O) groups is 7. The second-order valence-corrected chi connectivity index (χ2v) is 22.8. The molecular weight excluding hydrogens is 1210 g/mol. The van der Waals surface area contributed by atoms with E-state index < -0.39 is 23.5 Å². The molecule has 0 spiro atoms. The van der Waals surface area contributed by atoms with E-state index in [2.05, 4.69) is 41.6 Å². The quantitative estimate of drug-likeness (QED) is 0.0324. The van der Waals surface area contributed by atoms with E-state index in [-0.39, 0.29) is 133 Å². The molecule has 2 saturated carbocycles. The molecule has 4 aromatic heterocycles. The second-order valence-electron chi connectivity index (χ2n) is 22.0. The molecule has 0 bridgehead atoms. The third-order valence-electron chi connectivity index (χ3n) is 14.9. The summed E-state index contributed by atoms with van der Waals surface area (Å²) >= 11 is 11.8. The summed E-state index contributed by atoms with van der Waals surface area (Å²) in [5.41, 5.74) is 2.75. The number of pyridine rings is 2. The van der Waals surface area contributed by atoms with Gasteiger partial charge in [-0.2, -0.15) is 5.48 Å². The number of furan rings is 2. The highest BCUT2D eigenvalue weighted by atomic mass is 35.5. The fraction of sp³-hybridized carbons (Fsp3) is 0.441. The first-order chi connectivity index (χ1) is 40.9. The van der Waals surface area contributed by atoms with E-state index in [0.717, 1.165) is 51.6 Å². The molecular formula is C59H70Cl4N10O14. The molecule has 4 fully saturated rings. The van der Waals surface area contributed by atoms with Gasteiger partial charge in [-0.25, -0.2) is 20.7 Å². The molecule has 7 amide bonds. The molecule has 2 aliphatic heterocycles. The molecule has 0 unspecified atom stereocenters. The Labute approximate surface area is 523 Å². The lowest BCUT2D eigenvalue weighted by molar-refractivity contribution is -0.131. The van der Waals surface area contributed by atoms with E-state index in [4.69, 9.17) is 57.0 Å². The summed E-state index contributed by atoms with van der Waals surface area (Å²) in [6.07, 6.45) is 10.7. The number of amides is 7. The standard InChI is InChI=1S/C32H38ClN5O8.C27H30ClN5O6.2ClH/c1-32(2,3)46-31(42)37-44-16-15-43-22-11-12-24-23(17-22)27(28(45-24)30(41)35-25-13-8-20(33)18-34-25)36-29(40)19-6-9-21(10-7-19)38-14-4-5-26(38)39;28-17-5-10-22(30-15-17)31-27(36)25-24(20-14-19(37-12-13-38-29)8-9-21(20)39-25)32-26(35)16-3-6-18(7-4-16)33-11-1-2-23(33)34;;/h8,11-13,17-19,21H,4-7,9-10,14-16H2,1-3H3,(H,36,40)(H,37,42)(H,34,35,41);5,8-10,14-16,18H,1-4,6-7,11-13,29H2,(H,32,35)(H,30,31,36);2*1H. The third-order valence-corrected chi connectivity index (χ3v) is 15.3. The average molecular weight is 1290 g/mol. The normalized spacial score (nSPS) is 18.4. The Balaban J connectivity index is 0.000000246. The predicted octanol–water partition coefficient (Wildman–Crippen LogP) is 10.7. The number of hydrogen-bond donors (Lipinski definition) is 6. The average Bonchev–Trinajstić information content (AvgIpc) is 1.90. The lowest BCUT2D eigenvalue weighted by Crippen LogP contribution is -2.40. The Morgan fingerprint density at radius 2 is 1.05 bits per heavy atom. The van der Waals surface area contributed by atoms with Crippen molar-refractivity contribution in [2.75, 3.05) is 60.8 Å². The third kappa shape index (κ3) is 17.9. The summed E-state index contributed by atoms with van der Waals surface area (Å²) in [4.78, 5) is 112. The number of ether oxygens (including phenoxy) is 3. The van der Waals surface area contributed by atoms with Gasteiger partial charge in [0.05, 0.1) is 10.0 Å². The Bertz CT molecular complexity index is 3380. The van der Waals surface area contributed by atoms with Crippen LogP contribution in [0.2, 0.25) is 10.0 Å². The summed E-state index contributed by atoms with van der Waals surface area (Å²) in [6, 6.07) is 16.6. The monoisotopic (exact) mass is 1280 g/mol. The zero-order valence-electron chi connectivity index (χ0n) is 48.1. The molecule has 24 nitrogen and oxygen atoms in total. The number of hydroxylamine groups is 1. The first-order valence-corrected chi connectivity index (χ1v) is 29.0. The van der Waals surface area contributed by atoms with Gasteiger partial charge in [0, 0.05) is 73.0 Å². The number of carbonyl (C=O) groups excluding carboxylic acids is 7. The number of halogens is 4. The number of anilines is 4. The number of fused-ring (bicyclic) bond motifs is 2. The maximum atomic E-state index is 13.6. The van der Waals surface area contributed by atoms with Crippen LogP contribution in [0.3, 0.4) is 0 Å². The van der Waals surface area contributed by atoms with Crippen molar-refractivity contribution in [3.05, 3.63) is 94.6 Å². The number of rotatable bonds is 19. The maximum absolute atomic E-state index is 13.6. The number of nitrogens with two attached hydrogens (primary N) is 1. The summed E-state index contributed by atoms with van der Waals surface area (Å²) in [7, 11) is 0. The van der Waals surface area contributed by atoms with Crippen molar-refractivity contribution >= 4 is 135 Å². The predicted molar refractivity (Wildman–Crippen MR) is 328 cm³/mol. The number of aromatic nitrogens is 2. The summed E-state index contributed by atoms with van der Waals surface area (Å²) in [5.74, 6) is 4.59. The number of nitrogens with zero attached hydrogens (tertiary/aromatic N) is 4. The van der Waals surface area contributed by atoms with Crippen LogP contribution in [0, 0.1) is 11.8 Å². The van der Waals surface area contributed by atoms with Gasteiger partial charge in [-0.05, 0) is 146 Å². The van der Waals surface area contributed by atoms with Crippen molar-refractivity contribution in [1.82, 2.24) is 25.2 Å². The van der Waals surface area contributed by atoms with Gasteiger partial charge in [0.25, 0.3) is 11.8 Å². The van der Waals surface area contributed by atoms with Crippen LogP contribution < -0.4 is 42.1 Å². The van der Waals surface area contributed by atoms with Crippen LogP contribution >= 0.6 is 48.0 Å². The topological polar surface area (TPSA) is 310 Å². The molecule has 4 aliphatic rings. The highest BCUT2D eigenvalue weighted by Gasteiger charge is 2.37. The highest BCUT2D eigenvalue weighted by Crippen LogP contribution is 2.39. The molecule has 7 N–H and O–H groups in total. The Hall–Kier alpha value is -7.45. The molecule has 468 valence electrons. The van der Waals surface area contributed by atoms with E-state index in [1.54, 1.807) is 81.4 Å². The van der Waals surface area contributed by atoms with Crippen molar-refractivity contribution in [1.29, 1.82) is 0 Å². The van der Waals surface area contributed by atoms with Crippen molar-refractivity contribution < 1.29 is 66.3 Å². The van der Waals surface area contributed by atoms with E-state index in [1.807, 2.05) is 9.80 Å². The van der Waals surface area contributed by atoms with Crippen LogP contribution in [0.25, 0.3) is 21.9 Å². The van der Waals surface area contributed by atoms with Crippen LogP contribution in [0.4, 0.5) is 27.8 Å². The Morgan fingerprint density at radius 3 is 1.43 bits per heavy atom. The van der Waals surface area contributed by atoms with E-state index in [0.29, 0.717) is 82.0 Å². The molecule has 87 heavy (non-hydrogen) atoms. The fourth-order valence-electron chi connectivity index (χ4n) is 10.8. The van der Waals surface area contributed by atoms with Crippen molar-refractivity contribution in [3.8, 4) is 11.5 Å². The van der Waals surface area contributed by atoms with Crippen LogP contribution in [0.15, 0.2) is 81.9 Å². The zero-order valence-corrected chi connectivity index (χ0v) is 51.3. The van der Waals surface area contributed by atoms with Crippen LogP contribution in [0.5, 0.6) is 11.5 Å². The number of benzene rings is 2. The second kappa shape index (κ2) is 30.9. The van der Waals surface area contributed by atoms with Crippen molar-refractivity contribution in [2.45, 2.75) is 116 Å². The minimum atomic E-state index is -0.717. The minimum absolute atomic E-state index is 0. The van der Waals surface area contributed by atoms with Gasteiger partial charge in [0.2, 0.25) is 35.1 Å². The molecule has 2 aliphatic carbocycles. The SMILES string of the molecule is CC(C)(C)OC(=O)NOCCOc1ccc2oc(C(=O)Nc3ccc(Cl)cn3)c(NC(=O)C3CCC(N4CCCC4=O)CC3)c2c1.Cl.Cl.NOCCOc1ccc2oc(C(=O)Nc3ccc(Cl)cn3)c(NC(=O)C3CCC(N4CCCC4=O)CC3)c2c1. The first-order valence-electron chi connectivity index (χ1n) is 28.3. The largest absolute Gasteiger partial charge is 0.491 e. The molecule has 6 heterocycles. The van der Waals surface area contributed by atoms with Gasteiger partial charge in [-0.1, -0.05) is 23.2 Å². The molecule has 6 aromatic rings. The summed E-state index contributed by atoms with van der Waals surface area (Å²) < 4.78 is 28.4. The Kier molecular flexibility index (Phi) is 23.9. The molecule has 0 atom stereocenters. The van der Waals surface area contributed by atoms with Crippen LogP contribution in [-0.2, 0) is 33.6 Å². The van der Waals surface area contributed by atoms with Crippen molar-refractivity contribution in [3.63, 3.8) is 0 Å². The van der Waals surface area contributed by atoms with Crippen molar-refractivity contribution in [2.24, 2.45) is 17.7 Å². The first kappa shape index (κ1) is 67.1. The van der Waals surface area contributed by atoms with Gasteiger partial charge in [0.15, 0.2) is 0 Å². The van der Waals surface area contributed by atoms with Gasteiger partial charge in [0.1, 0.15) is 77.7 Å². The van der Waals surface area contributed by atoms with E-state index in [1.165, 1.54) is 12.4 Å². The smallest absolute Gasteiger partial charge is 0.431 e. The fourth-order valence-corrected chi connectivity index (χ4v) is 11.0. The van der Waals surface area contributed by atoms with Gasteiger partial charge in [-0.3, -0.25) is 33.6 Å². The number of likely N-dealkylation sites (tertiary alicyclic amines) is 2. The van der Waals surface area contributed by atoms with E-state index in [9.17, 15) is 33.6 Å². The highest BCUT2D eigenvalue weighted by molar-refractivity contribution is 6.30. The summed E-state index contributed by atoms with van der Waals surface area (Å²) in [5, 5.41) is 13.1. The molecule has 2 saturated heterocycles. The number of hydrogen-bond acceptors (Lipinski definition) is 17. The molecule has 2 aromatic carbocycles. The molecule has 10 rings (SSSR count). The van der Waals surface area contributed by atoms with Crippen LogP contribution in [-0.4, -0.2) is 119 Å². The lowest BCUT2D eigenvalue weighted by atomic mass is 9.84.